The van der Waals surface area contributed by atoms with E-state index in [0.29, 0.717) is 11.3 Å². The van der Waals surface area contributed by atoms with Crippen molar-refractivity contribution in [1.82, 2.24) is 19.9 Å². The Morgan fingerprint density at radius 1 is 1.06 bits per heavy atom. The summed E-state index contributed by atoms with van der Waals surface area (Å²) < 4.78 is 83.8. The molecule has 1 aliphatic heterocycles. The highest BCUT2D eigenvalue weighted by atomic mass is 32.1. The second-order valence-electron chi connectivity index (χ2n) is 8.43. The van der Waals surface area contributed by atoms with Gasteiger partial charge in [-0.2, -0.15) is 26.3 Å². The summed E-state index contributed by atoms with van der Waals surface area (Å²) in [5, 5.41) is -1.03. The first-order valence-electron chi connectivity index (χ1n) is 9.78. The molecule has 0 N–H and O–H groups in total. The van der Waals surface area contributed by atoms with E-state index in [1.165, 1.54) is 4.90 Å². The van der Waals surface area contributed by atoms with Gasteiger partial charge in [-0.1, -0.05) is 11.3 Å². The van der Waals surface area contributed by atoms with E-state index in [2.05, 4.69) is 15.0 Å². The molecule has 2 aromatic rings. The molecule has 1 atom stereocenters. The Morgan fingerprint density at radius 3 is 2.15 bits per heavy atom. The summed E-state index contributed by atoms with van der Waals surface area (Å²) in [6.45, 7) is 7.42. The van der Waals surface area contributed by atoms with Crippen molar-refractivity contribution in [2.75, 3.05) is 24.5 Å². The molecule has 1 aliphatic rings. The molecule has 3 heterocycles. The number of carbonyl (C=O) groups is 1. The molecule has 3 rings (SSSR count). The molecule has 0 aromatic carbocycles. The largest absolute Gasteiger partial charge is 0.451 e. The van der Waals surface area contributed by atoms with Crippen LogP contribution in [0.1, 0.15) is 38.5 Å². The van der Waals surface area contributed by atoms with Crippen molar-refractivity contribution in [3.63, 3.8) is 0 Å². The molecule has 33 heavy (non-hydrogen) atoms. The van der Waals surface area contributed by atoms with Gasteiger partial charge in [0.15, 0.2) is 0 Å². The number of nitrogens with zero attached hydrogens (tertiary/aromatic N) is 5. The predicted molar refractivity (Wildman–Crippen MR) is 108 cm³/mol. The Balaban J connectivity index is 1.90. The molecule has 0 aliphatic carbocycles. The molecule has 0 radical (unpaired) electrons. The number of anilines is 1. The number of hydrogen-bond donors (Lipinski definition) is 0. The summed E-state index contributed by atoms with van der Waals surface area (Å²) >= 11 is 0.377. The molecule has 0 saturated carbocycles. The van der Waals surface area contributed by atoms with Gasteiger partial charge in [-0.3, -0.25) is 0 Å². The number of ether oxygens (including phenoxy) is 1. The van der Waals surface area contributed by atoms with Gasteiger partial charge in [0, 0.05) is 43.6 Å². The van der Waals surface area contributed by atoms with Crippen LogP contribution in [0.2, 0.25) is 0 Å². The van der Waals surface area contributed by atoms with Gasteiger partial charge in [0.1, 0.15) is 16.3 Å². The summed E-state index contributed by atoms with van der Waals surface area (Å²) in [5.41, 5.74) is -0.950. The van der Waals surface area contributed by atoms with E-state index in [1.807, 2.05) is 0 Å². The third-order valence-corrected chi connectivity index (χ3v) is 5.73. The van der Waals surface area contributed by atoms with Crippen molar-refractivity contribution in [1.29, 1.82) is 0 Å². The van der Waals surface area contributed by atoms with Gasteiger partial charge in [-0.15, -0.1) is 0 Å². The van der Waals surface area contributed by atoms with Gasteiger partial charge in [0.05, 0.1) is 0 Å². The molecule has 1 saturated heterocycles. The van der Waals surface area contributed by atoms with Gasteiger partial charge < -0.3 is 14.5 Å². The summed E-state index contributed by atoms with van der Waals surface area (Å²) in [5.74, 6) is -1.40. The Bertz CT molecular complexity index is 1000. The normalized spacial score (nSPS) is 17.9. The van der Waals surface area contributed by atoms with Crippen LogP contribution in [-0.2, 0) is 17.1 Å². The van der Waals surface area contributed by atoms with Crippen molar-refractivity contribution in [3.8, 4) is 11.3 Å². The summed E-state index contributed by atoms with van der Waals surface area (Å²) in [6, 6.07) is -0.401. The first-order valence-corrected chi connectivity index (χ1v) is 10.6. The molecule has 1 amide bonds. The minimum atomic E-state index is -4.78. The average molecular weight is 497 g/mol. The standard InChI is InChI=1S/C19H21F6N5O2S/c1-10-9-29(5-6-30(10)16(31)32-17(2,3)4)13-12(28-15(33-13)19(23,24)25)11-7-26-14(27-8-11)18(20,21)22/h7-8,10H,5-6,9H2,1-4H3. The van der Waals surface area contributed by atoms with Crippen molar-refractivity contribution >= 4 is 22.4 Å². The fourth-order valence-electron chi connectivity index (χ4n) is 3.17. The van der Waals surface area contributed by atoms with Gasteiger partial charge in [0.25, 0.3) is 0 Å². The molecular formula is C19H21F6N5O2S. The molecule has 7 nitrogen and oxygen atoms in total. The maximum Gasteiger partial charge on any atom is 0.451 e. The maximum atomic E-state index is 13.4. The second kappa shape index (κ2) is 8.61. The minimum Gasteiger partial charge on any atom is -0.444 e. The highest BCUT2D eigenvalue weighted by Crippen LogP contribution is 2.43. The highest BCUT2D eigenvalue weighted by Gasteiger charge is 2.39. The summed E-state index contributed by atoms with van der Waals surface area (Å²) in [7, 11) is 0. The van der Waals surface area contributed by atoms with Gasteiger partial charge in [-0.05, 0) is 27.7 Å². The number of hydrogen-bond acceptors (Lipinski definition) is 7. The van der Waals surface area contributed by atoms with E-state index in [0.717, 1.165) is 12.4 Å². The van der Waals surface area contributed by atoms with E-state index >= 15 is 0 Å². The topological polar surface area (TPSA) is 71.5 Å². The fourth-order valence-corrected chi connectivity index (χ4v) is 4.16. The van der Waals surface area contributed by atoms with Crippen molar-refractivity contribution < 1.29 is 35.9 Å². The van der Waals surface area contributed by atoms with E-state index in [-0.39, 0.29) is 35.9 Å². The SMILES string of the molecule is CC1CN(c2sc(C(F)(F)F)nc2-c2cnc(C(F)(F)F)nc2)CCN1C(=O)OC(C)(C)C. The third-order valence-electron chi connectivity index (χ3n) is 4.57. The van der Waals surface area contributed by atoms with Crippen molar-refractivity contribution in [2.24, 2.45) is 0 Å². The van der Waals surface area contributed by atoms with Crippen molar-refractivity contribution in [2.45, 2.75) is 51.7 Å². The lowest BCUT2D eigenvalue weighted by molar-refractivity contribution is -0.145. The minimum absolute atomic E-state index is 0.0769. The van der Waals surface area contributed by atoms with Gasteiger partial charge >= 0.3 is 18.4 Å². The number of alkyl halides is 6. The molecule has 0 bridgehead atoms. The molecule has 14 heteroatoms. The van der Waals surface area contributed by atoms with Crippen LogP contribution >= 0.6 is 11.3 Å². The number of piperazine rings is 1. The zero-order valence-corrected chi connectivity index (χ0v) is 18.9. The lowest BCUT2D eigenvalue weighted by Crippen LogP contribution is -2.55. The molecular weight excluding hydrogens is 476 g/mol. The van der Waals surface area contributed by atoms with Crippen LogP contribution in [0.3, 0.4) is 0 Å². The Labute approximate surface area is 189 Å². The lowest BCUT2D eigenvalue weighted by Gasteiger charge is -2.40. The fraction of sp³-hybridized carbons (Fsp3) is 0.579. The monoisotopic (exact) mass is 497 g/mol. The third kappa shape index (κ3) is 5.84. The van der Waals surface area contributed by atoms with Crippen LogP contribution in [0.25, 0.3) is 11.3 Å². The molecule has 0 spiro atoms. The zero-order chi connectivity index (χ0) is 24.8. The second-order valence-corrected chi connectivity index (χ2v) is 9.41. The number of halogens is 6. The number of thiazole rings is 1. The maximum absolute atomic E-state index is 13.4. The van der Waals surface area contributed by atoms with Gasteiger partial charge in [-0.25, -0.2) is 19.7 Å². The first-order chi connectivity index (χ1) is 15.1. The van der Waals surface area contributed by atoms with Crippen LogP contribution < -0.4 is 4.90 Å². The lowest BCUT2D eigenvalue weighted by atomic mass is 10.1. The van der Waals surface area contributed by atoms with E-state index < -0.39 is 40.9 Å². The van der Waals surface area contributed by atoms with Gasteiger partial charge in [0.2, 0.25) is 10.8 Å². The van der Waals surface area contributed by atoms with Crippen LogP contribution in [0.4, 0.5) is 36.1 Å². The number of carbonyl (C=O) groups excluding carboxylic acids is 1. The van der Waals surface area contributed by atoms with Crippen molar-refractivity contribution in [3.05, 3.63) is 23.2 Å². The molecule has 1 unspecified atom stereocenters. The molecule has 2 aromatic heterocycles. The molecule has 1 fully saturated rings. The van der Waals surface area contributed by atoms with E-state index in [9.17, 15) is 31.1 Å². The molecule has 182 valence electrons. The van der Waals surface area contributed by atoms with Crippen LogP contribution in [0.15, 0.2) is 12.4 Å². The average Bonchev–Trinajstić information content (AvgIpc) is 3.11. The smallest absolute Gasteiger partial charge is 0.444 e. The summed E-state index contributed by atoms with van der Waals surface area (Å²) in [4.78, 5) is 25.6. The highest BCUT2D eigenvalue weighted by molar-refractivity contribution is 7.16. The van der Waals surface area contributed by atoms with Crippen LogP contribution in [-0.4, -0.2) is 57.2 Å². The first kappa shape index (κ1) is 25.0. The van der Waals surface area contributed by atoms with E-state index in [4.69, 9.17) is 4.74 Å². The predicted octanol–water partition coefficient (Wildman–Crippen LogP) is 5.08. The number of aromatic nitrogens is 3. The Kier molecular flexibility index (Phi) is 6.52. The Hall–Kier alpha value is -2.64. The summed E-state index contributed by atoms with van der Waals surface area (Å²) in [6.07, 6.45) is -8.46. The Morgan fingerprint density at radius 2 is 1.67 bits per heavy atom. The van der Waals surface area contributed by atoms with Crippen LogP contribution in [0, 0.1) is 0 Å². The quantitative estimate of drug-likeness (QED) is 0.539. The van der Waals surface area contributed by atoms with Crippen LogP contribution in [0.5, 0.6) is 0 Å². The number of rotatable bonds is 2. The zero-order valence-electron chi connectivity index (χ0n) is 18.1. The number of amides is 1. The van der Waals surface area contributed by atoms with E-state index in [1.54, 1.807) is 32.6 Å².